The van der Waals surface area contributed by atoms with Crippen molar-refractivity contribution in [1.29, 1.82) is 5.39 Å². The molecular weight excluding hydrogens is 181 g/mol. The Morgan fingerprint density at radius 1 is 1.31 bits per heavy atom. The maximum Gasteiger partial charge on any atom is 0.416 e. The maximum atomic E-state index is 12.2. The van der Waals surface area contributed by atoms with Gasteiger partial charge in [0.1, 0.15) is 0 Å². The summed E-state index contributed by atoms with van der Waals surface area (Å²) in [4.78, 5) is 2.69. The van der Waals surface area contributed by atoms with Crippen LogP contribution in [0.1, 0.15) is 11.1 Å². The number of benzene rings is 1. The van der Waals surface area contributed by atoms with Gasteiger partial charge in [-0.3, -0.25) is 0 Å². The molecule has 13 heavy (non-hydrogen) atoms. The minimum Gasteiger partial charge on any atom is -0.166 e. The fourth-order valence-corrected chi connectivity index (χ4v) is 0.978. The van der Waals surface area contributed by atoms with E-state index in [0.29, 0.717) is 0 Å². The zero-order chi connectivity index (χ0) is 10.1. The Labute approximate surface area is 72.6 Å². The molecule has 0 spiro atoms. The van der Waals surface area contributed by atoms with Crippen LogP contribution in [0.25, 0.3) is 4.98 Å². The Bertz CT molecular complexity index is 363. The molecule has 0 amide bonds. The molecule has 68 valence electrons. The average molecular weight is 187 g/mol. The molecule has 0 fully saturated rings. The number of nitrogens with zero attached hydrogens (tertiary/aromatic N) is 2. The van der Waals surface area contributed by atoms with Gasteiger partial charge in [-0.1, -0.05) is 6.07 Å². The van der Waals surface area contributed by atoms with Crippen molar-refractivity contribution in [3.05, 3.63) is 34.3 Å². The van der Waals surface area contributed by atoms with Gasteiger partial charge in [-0.05, 0) is 12.5 Å². The van der Waals surface area contributed by atoms with E-state index in [1.54, 1.807) is 0 Å². The molecule has 0 N–H and O–H groups in total. The molecule has 5 heteroatoms. The highest BCUT2D eigenvalue weighted by atomic mass is 19.4. The molecule has 0 aromatic heterocycles. The van der Waals surface area contributed by atoms with Gasteiger partial charge in [0.05, 0.1) is 5.56 Å². The zero-order valence-electron chi connectivity index (χ0n) is 6.76. The summed E-state index contributed by atoms with van der Waals surface area (Å²) in [5, 5.41) is 8.28. The number of alkyl halides is 3. The molecule has 0 aliphatic rings. The highest BCUT2D eigenvalue weighted by molar-refractivity contribution is 5.49. The minimum absolute atomic E-state index is 0.0991. The van der Waals surface area contributed by atoms with E-state index in [1.165, 1.54) is 19.1 Å². The molecule has 1 rings (SSSR count). The number of halogens is 3. The van der Waals surface area contributed by atoms with Crippen molar-refractivity contribution < 1.29 is 13.2 Å². The number of hydrogen-bond donors (Lipinski definition) is 0. The Morgan fingerprint density at radius 3 is 2.38 bits per heavy atom. The van der Waals surface area contributed by atoms with E-state index in [4.69, 9.17) is 5.39 Å². The minimum atomic E-state index is -4.40. The summed E-state index contributed by atoms with van der Waals surface area (Å²) in [6.45, 7) is 1.35. The van der Waals surface area contributed by atoms with Crippen LogP contribution in [-0.2, 0) is 6.18 Å². The van der Waals surface area contributed by atoms with Crippen molar-refractivity contribution in [2.45, 2.75) is 13.1 Å². The zero-order valence-corrected chi connectivity index (χ0v) is 6.76. The summed E-state index contributed by atoms with van der Waals surface area (Å²) in [6.07, 6.45) is -4.40. The lowest BCUT2D eigenvalue weighted by molar-refractivity contribution is -0.138. The van der Waals surface area contributed by atoms with Crippen LogP contribution in [-0.4, -0.2) is 0 Å². The van der Waals surface area contributed by atoms with Crippen LogP contribution in [0.3, 0.4) is 0 Å². The summed E-state index contributed by atoms with van der Waals surface area (Å²) >= 11 is 0. The summed E-state index contributed by atoms with van der Waals surface area (Å²) in [7, 11) is 0. The third-order valence-corrected chi connectivity index (χ3v) is 1.64. The van der Waals surface area contributed by atoms with Crippen molar-refractivity contribution in [3.8, 4) is 0 Å². The first-order chi connectivity index (χ1) is 5.95. The van der Waals surface area contributed by atoms with Gasteiger partial charge in [0.25, 0.3) is 0 Å². The molecule has 0 saturated heterocycles. The van der Waals surface area contributed by atoms with Crippen LogP contribution >= 0.6 is 0 Å². The van der Waals surface area contributed by atoms with Crippen LogP contribution in [0.2, 0.25) is 0 Å². The van der Waals surface area contributed by atoms with Crippen LogP contribution in [0.4, 0.5) is 18.9 Å². The van der Waals surface area contributed by atoms with Crippen molar-refractivity contribution in [1.82, 2.24) is 0 Å². The Balaban J connectivity index is 3.29. The fraction of sp³-hybridized carbons (Fsp3) is 0.250. The molecule has 0 aliphatic carbocycles. The first kappa shape index (κ1) is 9.52. The highest BCUT2D eigenvalue weighted by Crippen LogP contribution is 2.33. The SMILES string of the molecule is Cc1ccc([N+]#N)cc1C(F)(F)F. The highest BCUT2D eigenvalue weighted by Gasteiger charge is 2.33. The number of aryl methyl sites for hydroxylation is 1. The summed E-state index contributed by atoms with van der Waals surface area (Å²) in [5.74, 6) is 0. The van der Waals surface area contributed by atoms with Gasteiger partial charge in [-0.2, -0.15) is 13.2 Å². The van der Waals surface area contributed by atoms with Gasteiger partial charge in [-0.25, -0.2) is 0 Å². The smallest absolute Gasteiger partial charge is 0.166 e. The lowest BCUT2D eigenvalue weighted by atomic mass is 10.1. The van der Waals surface area contributed by atoms with E-state index in [-0.39, 0.29) is 11.3 Å². The third-order valence-electron chi connectivity index (χ3n) is 1.64. The van der Waals surface area contributed by atoms with Gasteiger partial charge in [-0.15, -0.1) is 0 Å². The van der Waals surface area contributed by atoms with Gasteiger partial charge in [0, 0.05) is 12.1 Å². The topological polar surface area (TPSA) is 28.1 Å². The standard InChI is InChI=1S/C8H6F3N2/c1-5-2-3-6(13-12)4-7(5)8(9,10)11/h2-4H,1H3/q+1. The van der Waals surface area contributed by atoms with Gasteiger partial charge < -0.3 is 0 Å². The second-order valence-electron chi connectivity index (χ2n) is 2.60. The normalized spacial score (nSPS) is 11.0. The fourth-order valence-electron chi connectivity index (χ4n) is 0.978. The molecule has 0 radical (unpaired) electrons. The first-order valence-electron chi connectivity index (χ1n) is 3.48. The Hall–Kier alpha value is -1.57. The van der Waals surface area contributed by atoms with Crippen LogP contribution < -0.4 is 0 Å². The molecule has 0 bridgehead atoms. The number of hydrogen-bond acceptors (Lipinski definition) is 1. The first-order valence-corrected chi connectivity index (χ1v) is 3.48. The average Bonchev–Trinajstić information content (AvgIpc) is 2.03. The summed E-state index contributed by atoms with van der Waals surface area (Å²) in [6, 6.07) is 3.37. The quantitative estimate of drug-likeness (QED) is 0.571. The molecule has 0 saturated carbocycles. The molecule has 0 unspecified atom stereocenters. The van der Waals surface area contributed by atoms with Crippen LogP contribution in [0.5, 0.6) is 0 Å². The van der Waals surface area contributed by atoms with Crippen LogP contribution in [0.15, 0.2) is 18.2 Å². The van der Waals surface area contributed by atoms with Crippen molar-refractivity contribution in [2.24, 2.45) is 0 Å². The largest absolute Gasteiger partial charge is 0.416 e. The molecule has 1 aromatic carbocycles. The van der Waals surface area contributed by atoms with Gasteiger partial charge in [0.15, 0.2) is 4.98 Å². The summed E-state index contributed by atoms with van der Waals surface area (Å²) in [5.41, 5.74) is -0.763. The van der Waals surface area contributed by atoms with Crippen LogP contribution in [0, 0.1) is 12.3 Å². The second kappa shape index (κ2) is 3.05. The molecule has 0 heterocycles. The van der Waals surface area contributed by atoms with Crippen molar-refractivity contribution in [3.63, 3.8) is 0 Å². The predicted molar refractivity (Wildman–Crippen MR) is 40.9 cm³/mol. The van der Waals surface area contributed by atoms with E-state index in [2.05, 4.69) is 4.98 Å². The molecule has 0 aliphatic heterocycles. The van der Waals surface area contributed by atoms with Gasteiger partial charge >= 0.3 is 11.9 Å². The maximum absolute atomic E-state index is 12.2. The molecule has 0 atom stereocenters. The number of rotatable bonds is 0. The monoisotopic (exact) mass is 187 g/mol. The second-order valence-corrected chi connectivity index (χ2v) is 2.60. The summed E-state index contributed by atoms with van der Waals surface area (Å²) < 4.78 is 36.7. The molecule has 1 aromatic rings. The van der Waals surface area contributed by atoms with Crippen molar-refractivity contribution >= 4 is 5.69 Å². The van der Waals surface area contributed by atoms with E-state index in [0.717, 1.165) is 6.07 Å². The van der Waals surface area contributed by atoms with E-state index >= 15 is 0 Å². The predicted octanol–water partition coefficient (Wildman–Crippen LogP) is 3.50. The number of diazo groups is 1. The molecule has 2 nitrogen and oxygen atoms in total. The Morgan fingerprint density at radius 2 is 1.92 bits per heavy atom. The van der Waals surface area contributed by atoms with E-state index in [9.17, 15) is 13.2 Å². The lowest BCUT2D eigenvalue weighted by Gasteiger charge is -2.07. The van der Waals surface area contributed by atoms with Gasteiger partial charge in [0.2, 0.25) is 5.39 Å². The van der Waals surface area contributed by atoms with E-state index < -0.39 is 11.7 Å². The van der Waals surface area contributed by atoms with E-state index in [1.807, 2.05) is 0 Å². The molecular formula is C8H6F3N2+. The lowest BCUT2D eigenvalue weighted by Crippen LogP contribution is -2.06. The van der Waals surface area contributed by atoms with Crippen molar-refractivity contribution in [2.75, 3.05) is 0 Å². The Kier molecular flexibility index (Phi) is 2.24. The third kappa shape index (κ3) is 1.96.